The number of benzene rings is 1. The molecular weight excluding hydrogens is 400 g/mol. The highest BCUT2D eigenvalue weighted by molar-refractivity contribution is 6.31. The molecule has 6 heteroatoms. The van der Waals surface area contributed by atoms with Crippen LogP contribution < -0.4 is 4.74 Å². The van der Waals surface area contributed by atoms with Crippen LogP contribution in [0.5, 0.6) is 5.75 Å². The maximum atomic E-state index is 12.3. The van der Waals surface area contributed by atoms with Gasteiger partial charge in [0.05, 0.1) is 13.7 Å². The molecule has 0 spiro atoms. The minimum Gasteiger partial charge on any atom is -0.497 e. The summed E-state index contributed by atoms with van der Waals surface area (Å²) in [5.74, 6) is 1.96. The van der Waals surface area contributed by atoms with Gasteiger partial charge in [0.1, 0.15) is 5.75 Å². The molecule has 1 aromatic carbocycles. The summed E-state index contributed by atoms with van der Waals surface area (Å²) < 4.78 is 10.9. The lowest BCUT2D eigenvalue weighted by Gasteiger charge is -2.41. The molecule has 3 aliphatic rings. The number of amides is 1. The van der Waals surface area contributed by atoms with E-state index >= 15 is 0 Å². The molecule has 5 nitrogen and oxygen atoms in total. The Labute approximate surface area is 185 Å². The molecule has 166 valence electrons. The van der Waals surface area contributed by atoms with Crippen LogP contribution in [-0.2, 0) is 11.2 Å². The fourth-order valence-corrected chi connectivity index (χ4v) is 5.56. The number of cyclic esters (lactones) is 1. The third kappa shape index (κ3) is 5.42. The number of hydrogen-bond acceptors (Lipinski definition) is 4. The number of halogens is 1. The molecule has 1 atom stereocenters. The monoisotopic (exact) mass is 434 g/mol. The summed E-state index contributed by atoms with van der Waals surface area (Å²) >= 11 is 6.41. The van der Waals surface area contributed by atoms with Crippen LogP contribution in [-0.4, -0.2) is 61.8 Å². The summed E-state index contributed by atoms with van der Waals surface area (Å²) in [6.45, 7) is 4.69. The standard InChI is InChI=1S/C24H35ClN2O3/c1-29-22-7-8-23(25)20(14-22)13-18-9-11-26(12-10-18)15-19-16-27(24(28)30-17-19)21-5-3-2-4-6-21/h7-8,14,18-19,21H,2-6,9-13,15-17H2,1H3. The predicted molar refractivity (Wildman–Crippen MR) is 119 cm³/mol. The normalized spacial score (nSPS) is 24.7. The molecule has 1 aliphatic carbocycles. The fourth-order valence-electron chi connectivity index (χ4n) is 5.36. The van der Waals surface area contributed by atoms with Crippen molar-refractivity contribution in [3.8, 4) is 5.75 Å². The SMILES string of the molecule is COc1ccc(Cl)c(CC2CCN(CC3COC(=O)N(C4CCCCC4)C3)CC2)c1. The lowest BCUT2D eigenvalue weighted by molar-refractivity contribution is 0.00642. The summed E-state index contributed by atoms with van der Waals surface area (Å²) in [7, 11) is 1.70. The van der Waals surface area contributed by atoms with Gasteiger partial charge < -0.3 is 19.3 Å². The maximum Gasteiger partial charge on any atom is 0.410 e. The first kappa shape index (κ1) is 21.8. The van der Waals surface area contributed by atoms with Crippen LogP contribution in [0.3, 0.4) is 0 Å². The molecule has 4 rings (SSSR count). The van der Waals surface area contributed by atoms with Crippen molar-refractivity contribution in [2.75, 3.05) is 39.9 Å². The molecule has 3 fully saturated rings. The predicted octanol–water partition coefficient (Wildman–Crippen LogP) is 5.00. The Hall–Kier alpha value is -1.46. The van der Waals surface area contributed by atoms with Gasteiger partial charge in [0.15, 0.2) is 0 Å². The summed E-state index contributed by atoms with van der Waals surface area (Å²) in [4.78, 5) is 16.9. The average Bonchev–Trinajstić information content (AvgIpc) is 2.78. The molecule has 1 amide bonds. The van der Waals surface area contributed by atoms with Gasteiger partial charge in [-0.1, -0.05) is 30.9 Å². The van der Waals surface area contributed by atoms with Gasteiger partial charge in [-0.25, -0.2) is 4.79 Å². The van der Waals surface area contributed by atoms with Gasteiger partial charge in [-0.15, -0.1) is 0 Å². The zero-order valence-corrected chi connectivity index (χ0v) is 18.9. The highest BCUT2D eigenvalue weighted by Gasteiger charge is 2.34. The van der Waals surface area contributed by atoms with E-state index in [0.717, 1.165) is 56.2 Å². The first-order valence-corrected chi connectivity index (χ1v) is 12.0. The van der Waals surface area contributed by atoms with Gasteiger partial charge in [-0.2, -0.15) is 0 Å². The van der Waals surface area contributed by atoms with Crippen molar-refractivity contribution in [2.45, 2.75) is 57.4 Å². The van der Waals surface area contributed by atoms with Crippen LogP contribution in [0.25, 0.3) is 0 Å². The molecule has 30 heavy (non-hydrogen) atoms. The number of rotatable bonds is 6. The van der Waals surface area contributed by atoms with Crippen LogP contribution in [0.1, 0.15) is 50.5 Å². The van der Waals surface area contributed by atoms with Crippen molar-refractivity contribution in [2.24, 2.45) is 11.8 Å². The number of piperidine rings is 1. The number of methoxy groups -OCH3 is 1. The highest BCUT2D eigenvalue weighted by Crippen LogP contribution is 2.30. The molecule has 1 saturated carbocycles. The number of nitrogens with zero attached hydrogens (tertiary/aromatic N) is 2. The zero-order valence-electron chi connectivity index (χ0n) is 18.2. The average molecular weight is 435 g/mol. The van der Waals surface area contributed by atoms with Crippen molar-refractivity contribution in [1.82, 2.24) is 9.80 Å². The number of ether oxygens (including phenoxy) is 2. The van der Waals surface area contributed by atoms with E-state index in [1.54, 1.807) is 7.11 Å². The van der Waals surface area contributed by atoms with Crippen molar-refractivity contribution in [1.29, 1.82) is 0 Å². The van der Waals surface area contributed by atoms with Gasteiger partial charge in [-0.05, 0) is 74.9 Å². The van der Waals surface area contributed by atoms with Crippen LogP contribution in [0.2, 0.25) is 5.02 Å². The molecule has 0 bridgehead atoms. The second-order valence-corrected chi connectivity index (χ2v) is 9.70. The van der Waals surface area contributed by atoms with Crippen molar-refractivity contribution in [3.63, 3.8) is 0 Å². The number of carbonyl (C=O) groups excluding carboxylic acids is 1. The third-order valence-corrected chi connectivity index (χ3v) is 7.50. The maximum absolute atomic E-state index is 12.3. The van der Waals surface area contributed by atoms with E-state index in [1.807, 2.05) is 17.0 Å². The fraction of sp³-hybridized carbons (Fsp3) is 0.708. The first-order valence-electron chi connectivity index (χ1n) is 11.6. The smallest absolute Gasteiger partial charge is 0.410 e. The molecule has 0 aromatic heterocycles. The summed E-state index contributed by atoms with van der Waals surface area (Å²) in [5, 5.41) is 0.838. The molecule has 0 radical (unpaired) electrons. The van der Waals surface area contributed by atoms with E-state index in [1.165, 1.54) is 37.7 Å². The molecular formula is C24H35ClN2O3. The van der Waals surface area contributed by atoms with E-state index < -0.39 is 0 Å². The van der Waals surface area contributed by atoms with Gasteiger partial charge >= 0.3 is 6.09 Å². The van der Waals surface area contributed by atoms with Crippen molar-refractivity contribution >= 4 is 17.7 Å². The van der Waals surface area contributed by atoms with Crippen molar-refractivity contribution in [3.05, 3.63) is 28.8 Å². The van der Waals surface area contributed by atoms with Crippen LogP contribution in [0.15, 0.2) is 18.2 Å². The topological polar surface area (TPSA) is 42.0 Å². The Morgan fingerprint density at radius 2 is 1.87 bits per heavy atom. The minimum atomic E-state index is -0.0907. The minimum absolute atomic E-state index is 0.0907. The summed E-state index contributed by atoms with van der Waals surface area (Å²) in [6.07, 6.45) is 9.36. The largest absolute Gasteiger partial charge is 0.497 e. The number of carbonyl (C=O) groups is 1. The Bertz CT molecular complexity index is 714. The molecule has 1 unspecified atom stereocenters. The van der Waals surface area contributed by atoms with Crippen LogP contribution in [0, 0.1) is 11.8 Å². The second kappa shape index (κ2) is 10.2. The highest BCUT2D eigenvalue weighted by atomic mass is 35.5. The Balaban J connectivity index is 1.25. The summed E-state index contributed by atoms with van der Waals surface area (Å²) in [6, 6.07) is 6.33. The first-order chi connectivity index (χ1) is 14.6. The van der Waals surface area contributed by atoms with E-state index in [-0.39, 0.29) is 6.09 Å². The second-order valence-electron chi connectivity index (χ2n) is 9.29. The molecule has 2 heterocycles. The van der Waals surface area contributed by atoms with Gasteiger partial charge in [0, 0.05) is 30.1 Å². The van der Waals surface area contributed by atoms with Crippen molar-refractivity contribution < 1.29 is 14.3 Å². The molecule has 2 aliphatic heterocycles. The lowest BCUT2D eigenvalue weighted by atomic mass is 9.89. The Morgan fingerprint density at radius 3 is 2.60 bits per heavy atom. The Kier molecular flexibility index (Phi) is 7.42. The molecule has 1 aromatic rings. The van der Waals surface area contributed by atoms with E-state index in [4.69, 9.17) is 21.1 Å². The van der Waals surface area contributed by atoms with E-state index in [9.17, 15) is 4.79 Å². The van der Waals surface area contributed by atoms with E-state index in [0.29, 0.717) is 24.5 Å². The van der Waals surface area contributed by atoms with Gasteiger partial charge in [0.25, 0.3) is 0 Å². The molecule has 0 N–H and O–H groups in total. The molecule has 2 saturated heterocycles. The third-order valence-electron chi connectivity index (χ3n) is 7.13. The summed E-state index contributed by atoms with van der Waals surface area (Å²) in [5.41, 5.74) is 1.19. The van der Waals surface area contributed by atoms with Crippen LogP contribution >= 0.6 is 11.6 Å². The quantitative estimate of drug-likeness (QED) is 0.631. The zero-order chi connectivity index (χ0) is 20.9. The van der Waals surface area contributed by atoms with Crippen LogP contribution in [0.4, 0.5) is 4.79 Å². The lowest BCUT2D eigenvalue weighted by Crippen LogP contribution is -2.52. The Morgan fingerprint density at radius 1 is 1.10 bits per heavy atom. The van der Waals surface area contributed by atoms with Gasteiger partial charge in [0.2, 0.25) is 0 Å². The number of likely N-dealkylation sites (tertiary alicyclic amines) is 1. The number of hydrogen-bond donors (Lipinski definition) is 0. The van der Waals surface area contributed by atoms with Gasteiger partial charge in [-0.3, -0.25) is 0 Å². The van der Waals surface area contributed by atoms with E-state index in [2.05, 4.69) is 11.0 Å².